The maximum atomic E-state index is 13.4. The first-order valence-electron chi connectivity index (χ1n) is 4.03. The second-order valence-corrected chi connectivity index (χ2v) is 2.74. The monoisotopic (exact) mass is 193 g/mol. The van der Waals surface area contributed by atoms with E-state index in [2.05, 4.69) is 15.5 Å². The molecule has 1 heterocycles. The zero-order valence-electron chi connectivity index (χ0n) is 7.26. The van der Waals surface area contributed by atoms with Gasteiger partial charge in [-0.1, -0.05) is 6.07 Å². The fraction of sp³-hybridized carbons (Fsp3) is 0.125. The summed E-state index contributed by atoms with van der Waals surface area (Å²) in [6.45, 7) is 0.312. The molecule has 2 rings (SSSR count). The number of nitrogens with zero attached hydrogens (tertiary/aromatic N) is 4. The van der Waals surface area contributed by atoms with Gasteiger partial charge in [0.15, 0.2) is 0 Å². The first kappa shape index (κ1) is 8.76. The number of nitrogens with two attached hydrogens (primary N) is 1. The predicted octanol–water partition coefficient (Wildman–Crippen LogP) is 0.260. The van der Waals surface area contributed by atoms with E-state index in [0.717, 1.165) is 5.56 Å². The second kappa shape index (κ2) is 3.51. The van der Waals surface area contributed by atoms with E-state index in [0.29, 0.717) is 12.2 Å². The van der Waals surface area contributed by atoms with Crippen molar-refractivity contribution >= 4 is 0 Å². The third-order valence-corrected chi connectivity index (χ3v) is 1.84. The number of rotatable bonds is 2. The summed E-state index contributed by atoms with van der Waals surface area (Å²) in [5.74, 6) is -0.389. The highest BCUT2D eigenvalue weighted by Crippen LogP contribution is 2.12. The van der Waals surface area contributed by atoms with E-state index in [1.165, 1.54) is 17.1 Å². The van der Waals surface area contributed by atoms with Gasteiger partial charge in [0.2, 0.25) is 0 Å². The van der Waals surface area contributed by atoms with Gasteiger partial charge in [-0.05, 0) is 28.1 Å². The molecule has 0 spiro atoms. The average molecular weight is 193 g/mol. The Kier molecular flexibility index (Phi) is 2.19. The normalized spacial score (nSPS) is 10.4. The van der Waals surface area contributed by atoms with Crippen molar-refractivity contribution in [1.29, 1.82) is 0 Å². The highest BCUT2D eigenvalue weighted by molar-refractivity contribution is 5.34. The Balaban J connectivity index is 2.46. The molecule has 0 fully saturated rings. The van der Waals surface area contributed by atoms with Crippen LogP contribution >= 0.6 is 0 Å². The molecule has 0 amide bonds. The Bertz CT molecular complexity index is 425. The largest absolute Gasteiger partial charge is 0.326 e. The Morgan fingerprint density at radius 3 is 2.86 bits per heavy atom. The topological polar surface area (TPSA) is 69.6 Å². The Labute approximate surface area is 79.3 Å². The number of tetrazole rings is 1. The molecule has 2 N–H and O–H groups in total. The number of halogens is 1. The molecule has 1 aromatic heterocycles. The van der Waals surface area contributed by atoms with E-state index in [4.69, 9.17) is 5.73 Å². The predicted molar refractivity (Wildman–Crippen MR) is 47.0 cm³/mol. The minimum atomic E-state index is -0.389. The maximum absolute atomic E-state index is 13.4. The van der Waals surface area contributed by atoms with Gasteiger partial charge in [0, 0.05) is 6.54 Å². The summed E-state index contributed by atoms with van der Waals surface area (Å²) in [4.78, 5) is 0. The number of benzene rings is 1. The SMILES string of the molecule is NCc1ccc(-n2cnnn2)c(F)c1. The van der Waals surface area contributed by atoms with Crippen LogP contribution in [0.1, 0.15) is 5.56 Å². The summed E-state index contributed by atoms with van der Waals surface area (Å²) in [5.41, 5.74) is 6.42. The first-order valence-corrected chi connectivity index (χ1v) is 4.03. The Morgan fingerprint density at radius 1 is 1.43 bits per heavy atom. The van der Waals surface area contributed by atoms with Crippen molar-refractivity contribution < 1.29 is 4.39 Å². The molecule has 1 aromatic carbocycles. The molecule has 0 aliphatic rings. The molecular formula is C8H8FN5. The molecule has 2 aromatic rings. The standard InChI is InChI=1S/C8H8FN5/c9-7-3-6(4-10)1-2-8(7)14-5-11-12-13-14/h1-3,5H,4,10H2. The van der Waals surface area contributed by atoms with Crippen molar-refractivity contribution in [3.05, 3.63) is 35.9 Å². The fourth-order valence-electron chi connectivity index (χ4n) is 1.13. The molecule has 5 nitrogen and oxygen atoms in total. The summed E-state index contributed by atoms with van der Waals surface area (Å²) in [6.07, 6.45) is 1.33. The van der Waals surface area contributed by atoms with Crippen molar-refractivity contribution in [1.82, 2.24) is 20.2 Å². The van der Waals surface area contributed by atoms with E-state index in [9.17, 15) is 4.39 Å². The van der Waals surface area contributed by atoms with Crippen molar-refractivity contribution in [2.45, 2.75) is 6.54 Å². The molecule has 0 aliphatic heterocycles. The van der Waals surface area contributed by atoms with Gasteiger partial charge in [0.05, 0.1) is 0 Å². The molecular weight excluding hydrogens is 185 g/mol. The third kappa shape index (κ3) is 1.47. The maximum Gasteiger partial charge on any atom is 0.149 e. The minimum absolute atomic E-state index is 0.312. The van der Waals surface area contributed by atoms with Crippen LogP contribution in [0.25, 0.3) is 5.69 Å². The summed E-state index contributed by atoms with van der Waals surface area (Å²) < 4.78 is 14.7. The highest BCUT2D eigenvalue weighted by Gasteiger charge is 2.05. The Hall–Kier alpha value is -1.82. The molecule has 0 saturated carbocycles. The van der Waals surface area contributed by atoms with Crippen molar-refractivity contribution in [2.75, 3.05) is 0 Å². The van der Waals surface area contributed by atoms with Gasteiger partial charge in [-0.2, -0.15) is 4.68 Å². The fourth-order valence-corrected chi connectivity index (χ4v) is 1.13. The van der Waals surface area contributed by atoms with E-state index in [-0.39, 0.29) is 5.82 Å². The number of aromatic nitrogens is 4. The van der Waals surface area contributed by atoms with Crippen molar-refractivity contribution in [2.24, 2.45) is 5.73 Å². The quantitative estimate of drug-likeness (QED) is 0.742. The second-order valence-electron chi connectivity index (χ2n) is 2.74. The van der Waals surface area contributed by atoms with Gasteiger partial charge in [-0.15, -0.1) is 5.10 Å². The lowest BCUT2D eigenvalue weighted by atomic mass is 10.2. The zero-order chi connectivity index (χ0) is 9.97. The number of hydrogen-bond acceptors (Lipinski definition) is 4. The highest BCUT2D eigenvalue weighted by atomic mass is 19.1. The van der Waals surface area contributed by atoms with Crippen LogP contribution in [0.2, 0.25) is 0 Å². The molecule has 72 valence electrons. The van der Waals surface area contributed by atoms with Gasteiger partial charge < -0.3 is 5.73 Å². The van der Waals surface area contributed by atoms with Gasteiger partial charge >= 0.3 is 0 Å². The van der Waals surface area contributed by atoms with Crippen LogP contribution in [0.5, 0.6) is 0 Å². The summed E-state index contributed by atoms with van der Waals surface area (Å²) >= 11 is 0. The lowest BCUT2D eigenvalue weighted by Gasteiger charge is -2.02. The summed E-state index contributed by atoms with van der Waals surface area (Å²) in [7, 11) is 0. The van der Waals surface area contributed by atoms with E-state index in [1.807, 2.05) is 0 Å². The summed E-state index contributed by atoms with van der Waals surface area (Å²) in [6, 6.07) is 4.70. The van der Waals surface area contributed by atoms with Crippen LogP contribution in [0.15, 0.2) is 24.5 Å². The average Bonchev–Trinajstić information content (AvgIpc) is 2.70. The first-order chi connectivity index (χ1) is 6.81. The van der Waals surface area contributed by atoms with Gasteiger partial charge in [-0.3, -0.25) is 0 Å². The molecule has 0 saturated heterocycles. The lowest BCUT2D eigenvalue weighted by molar-refractivity contribution is 0.605. The lowest BCUT2D eigenvalue weighted by Crippen LogP contribution is -2.02. The minimum Gasteiger partial charge on any atom is -0.326 e. The third-order valence-electron chi connectivity index (χ3n) is 1.84. The molecule has 0 aliphatic carbocycles. The molecule has 0 atom stereocenters. The van der Waals surface area contributed by atoms with E-state index >= 15 is 0 Å². The Morgan fingerprint density at radius 2 is 2.29 bits per heavy atom. The summed E-state index contributed by atoms with van der Waals surface area (Å²) in [5, 5.41) is 10.4. The smallest absolute Gasteiger partial charge is 0.149 e. The van der Waals surface area contributed by atoms with E-state index < -0.39 is 0 Å². The van der Waals surface area contributed by atoms with Crippen LogP contribution in [-0.2, 0) is 6.54 Å². The number of hydrogen-bond donors (Lipinski definition) is 1. The molecule has 6 heteroatoms. The van der Waals surface area contributed by atoms with Crippen LogP contribution in [0.4, 0.5) is 4.39 Å². The molecule has 0 unspecified atom stereocenters. The molecule has 0 radical (unpaired) electrons. The van der Waals surface area contributed by atoms with Crippen molar-refractivity contribution in [3.8, 4) is 5.69 Å². The van der Waals surface area contributed by atoms with Gasteiger partial charge in [-0.25, -0.2) is 4.39 Å². The molecule has 0 bridgehead atoms. The van der Waals surface area contributed by atoms with Crippen LogP contribution in [0, 0.1) is 5.82 Å². The van der Waals surface area contributed by atoms with Crippen LogP contribution < -0.4 is 5.73 Å². The van der Waals surface area contributed by atoms with Gasteiger partial charge in [0.1, 0.15) is 17.8 Å². The molecule has 14 heavy (non-hydrogen) atoms. The van der Waals surface area contributed by atoms with Crippen molar-refractivity contribution in [3.63, 3.8) is 0 Å². The van der Waals surface area contributed by atoms with Gasteiger partial charge in [0.25, 0.3) is 0 Å². The van der Waals surface area contributed by atoms with Crippen LogP contribution in [-0.4, -0.2) is 20.2 Å². The van der Waals surface area contributed by atoms with Crippen LogP contribution in [0.3, 0.4) is 0 Å². The zero-order valence-corrected chi connectivity index (χ0v) is 7.26. The van der Waals surface area contributed by atoms with E-state index in [1.54, 1.807) is 12.1 Å².